The van der Waals surface area contributed by atoms with E-state index in [0.717, 1.165) is 25.5 Å². The summed E-state index contributed by atoms with van der Waals surface area (Å²) in [6.07, 6.45) is 7.78. The quantitative estimate of drug-likeness (QED) is 0.324. The molecule has 0 aromatic carbocycles. The third-order valence-corrected chi connectivity index (χ3v) is 1.20. The lowest BCUT2D eigenvalue weighted by Crippen LogP contribution is -1.79. The van der Waals surface area contributed by atoms with Gasteiger partial charge in [0, 0.05) is 0 Å². The van der Waals surface area contributed by atoms with Crippen LogP contribution in [0.4, 0.5) is 0 Å². The molecule has 0 rings (SSSR count). The van der Waals surface area contributed by atoms with Crippen LogP contribution in [0.3, 0.4) is 0 Å². The van der Waals surface area contributed by atoms with Crippen LogP contribution in [-0.2, 0) is 4.79 Å². The van der Waals surface area contributed by atoms with Crippen molar-refractivity contribution < 1.29 is 4.79 Å². The van der Waals surface area contributed by atoms with Crippen molar-refractivity contribution in [3.63, 3.8) is 0 Å². The number of hydrogen-bond donors (Lipinski definition) is 0. The van der Waals surface area contributed by atoms with Gasteiger partial charge < -0.3 is 0 Å². The molecule has 0 heterocycles. The summed E-state index contributed by atoms with van der Waals surface area (Å²) in [5.41, 5.74) is 0.681. The Labute approximate surface area is 62.4 Å². The average Bonchev–Trinajstić information content (AvgIpc) is 1.98. The first-order valence-electron chi connectivity index (χ1n) is 3.59. The minimum absolute atomic E-state index is 0.681. The largest absolute Gasteiger partial charge is 0.298 e. The van der Waals surface area contributed by atoms with Crippen molar-refractivity contribution >= 4 is 6.29 Å². The Kier molecular flexibility index (Phi) is 5.74. The monoisotopic (exact) mass is 138 g/mol. The maximum Gasteiger partial charge on any atom is 0.145 e. The predicted octanol–water partition coefficient (Wildman–Crippen LogP) is 2.49. The van der Waals surface area contributed by atoms with Crippen molar-refractivity contribution in [3.8, 4) is 0 Å². The summed E-state index contributed by atoms with van der Waals surface area (Å²) in [7, 11) is 0. The zero-order valence-corrected chi connectivity index (χ0v) is 6.47. The molecule has 0 spiro atoms. The highest BCUT2D eigenvalue weighted by Gasteiger charge is 1.86. The molecule has 0 bridgehead atoms. The van der Waals surface area contributed by atoms with Crippen molar-refractivity contribution in [1.82, 2.24) is 0 Å². The third-order valence-electron chi connectivity index (χ3n) is 1.20. The number of rotatable bonds is 5. The molecule has 0 unspecified atom stereocenters. The second-order valence-corrected chi connectivity index (χ2v) is 2.19. The Hall–Kier alpha value is -0.850. The summed E-state index contributed by atoms with van der Waals surface area (Å²) in [6, 6.07) is 0. The number of carbonyl (C=O) groups excluding carboxylic acids is 1. The van der Waals surface area contributed by atoms with Gasteiger partial charge in [0.15, 0.2) is 0 Å². The SMILES string of the molecule is C=C(C=O)CC/C=C\CC. The van der Waals surface area contributed by atoms with Crippen LogP contribution in [0.2, 0.25) is 0 Å². The Morgan fingerprint density at radius 1 is 1.50 bits per heavy atom. The molecule has 0 aliphatic carbocycles. The van der Waals surface area contributed by atoms with Gasteiger partial charge in [0.05, 0.1) is 0 Å². The first-order valence-corrected chi connectivity index (χ1v) is 3.59. The lowest BCUT2D eigenvalue weighted by atomic mass is 10.2. The highest BCUT2D eigenvalue weighted by molar-refractivity contribution is 5.71. The molecule has 10 heavy (non-hydrogen) atoms. The lowest BCUT2D eigenvalue weighted by Gasteiger charge is -1.89. The zero-order chi connectivity index (χ0) is 7.82. The molecule has 0 atom stereocenters. The van der Waals surface area contributed by atoms with Crippen molar-refractivity contribution in [3.05, 3.63) is 24.3 Å². The highest BCUT2D eigenvalue weighted by Crippen LogP contribution is 1.99. The van der Waals surface area contributed by atoms with Crippen LogP contribution in [0.15, 0.2) is 24.3 Å². The van der Waals surface area contributed by atoms with E-state index in [2.05, 4.69) is 25.7 Å². The molecule has 0 amide bonds. The number of hydrogen-bond acceptors (Lipinski definition) is 1. The van der Waals surface area contributed by atoms with Crippen LogP contribution in [-0.4, -0.2) is 6.29 Å². The summed E-state index contributed by atoms with van der Waals surface area (Å²) in [5.74, 6) is 0. The fourth-order valence-electron chi connectivity index (χ4n) is 0.612. The van der Waals surface area contributed by atoms with E-state index in [0.29, 0.717) is 5.57 Å². The number of carbonyl (C=O) groups is 1. The Morgan fingerprint density at radius 3 is 2.70 bits per heavy atom. The fraction of sp³-hybridized carbons (Fsp3) is 0.444. The molecule has 0 N–H and O–H groups in total. The zero-order valence-electron chi connectivity index (χ0n) is 6.47. The molecule has 56 valence electrons. The highest BCUT2D eigenvalue weighted by atomic mass is 16.1. The first-order chi connectivity index (χ1) is 4.81. The van der Waals surface area contributed by atoms with Gasteiger partial charge in [-0.25, -0.2) is 0 Å². The molecule has 0 aliphatic heterocycles. The van der Waals surface area contributed by atoms with E-state index < -0.39 is 0 Å². The summed E-state index contributed by atoms with van der Waals surface area (Å²) in [6.45, 7) is 5.66. The van der Waals surface area contributed by atoms with E-state index in [9.17, 15) is 4.79 Å². The summed E-state index contributed by atoms with van der Waals surface area (Å²) >= 11 is 0. The smallest absolute Gasteiger partial charge is 0.145 e. The number of aldehydes is 1. The van der Waals surface area contributed by atoms with Crippen molar-refractivity contribution in [1.29, 1.82) is 0 Å². The van der Waals surface area contributed by atoms with Crippen LogP contribution in [0, 0.1) is 0 Å². The predicted molar refractivity (Wildman–Crippen MR) is 43.9 cm³/mol. The van der Waals surface area contributed by atoms with Gasteiger partial charge in [-0.3, -0.25) is 4.79 Å². The Balaban J connectivity index is 3.27. The second-order valence-electron chi connectivity index (χ2n) is 2.19. The molecule has 1 heteroatoms. The van der Waals surface area contributed by atoms with E-state index in [4.69, 9.17) is 0 Å². The summed E-state index contributed by atoms with van der Waals surface area (Å²) in [5, 5.41) is 0. The Bertz CT molecular complexity index is 134. The van der Waals surface area contributed by atoms with Crippen LogP contribution < -0.4 is 0 Å². The molecule has 0 saturated heterocycles. The van der Waals surface area contributed by atoms with Gasteiger partial charge in [0.1, 0.15) is 6.29 Å². The van der Waals surface area contributed by atoms with E-state index >= 15 is 0 Å². The minimum atomic E-state index is 0.681. The molecule has 0 aromatic heterocycles. The van der Waals surface area contributed by atoms with Gasteiger partial charge in [-0.2, -0.15) is 0 Å². The van der Waals surface area contributed by atoms with E-state index in [1.54, 1.807) is 0 Å². The van der Waals surface area contributed by atoms with Gasteiger partial charge in [-0.05, 0) is 24.8 Å². The number of allylic oxidation sites excluding steroid dienone is 3. The average molecular weight is 138 g/mol. The van der Waals surface area contributed by atoms with E-state index in [-0.39, 0.29) is 0 Å². The Morgan fingerprint density at radius 2 is 2.20 bits per heavy atom. The summed E-state index contributed by atoms with van der Waals surface area (Å²) in [4.78, 5) is 10.0. The van der Waals surface area contributed by atoms with Crippen LogP contribution in [0.25, 0.3) is 0 Å². The van der Waals surface area contributed by atoms with Gasteiger partial charge >= 0.3 is 0 Å². The minimum Gasteiger partial charge on any atom is -0.298 e. The molecule has 0 saturated carbocycles. The van der Waals surface area contributed by atoms with Gasteiger partial charge in [-0.1, -0.05) is 25.7 Å². The molecule has 0 fully saturated rings. The molecule has 0 aromatic rings. The van der Waals surface area contributed by atoms with Gasteiger partial charge in [0.2, 0.25) is 0 Å². The lowest BCUT2D eigenvalue weighted by molar-refractivity contribution is -0.105. The topological polar surface area (TPSA) is 17.1 Å². The normalized spacial score (nSPS) is 10.1. The molecule has 0 aliphatic rings. The van der Waals surface area contributed by atoms with Crippen molar-refractivity contribution in [2.75, 3.05) is 0 Å². The van der Waals surface area contributed by atoms with Crippen molar-refractivity contribution in [2.24, 2.45) is 0 Å². The first kappa shape index (κ1) is 9.15. The van der Waals surface area contributed by atoms with Gasteiger partial charge in [-0.15, -0.1) is 0 Å². The molecular weight excluding hydrogens is 124 g/mol. The van der Waals surface area contributed by atoms with Crippen LogP contribution in [0.1, 0.15) is 26.2 Å². The maximum absolute atomic E-state index is 10.0. The molecular formula is C9H14O. The molecule has 0 radical (unpaired) electrons. The van der Waals surface area contributed by atoms with Crippen LogP contribution in [0.5, 0.6) is 0 Å². The molecule has 1 nitrogen and oxygen atoms in total. The summed E-state index contributed by atoms with van der Waals surface area (Å²) < 4.78 is 0. The second kappa shape index (κ2) is 6.27. The van der Waals surface area contributed by atoms with Crippen LogP contribution >= 0.6 is 0 Å². The van der Waals surface area contributed by atoms with E-state index in [1.807, 2.05) is 0 Å². The van der Waals surface area contributed by atoms with E-state index in [1.165, 1.54) is 0 Å². The maximum atomic E-state index is 10.0. The van der Waals surface area contributed by atoms with Gasteiger partial charge in [0.25, 0.3) is 0 Å². The van der Waals surface area contributed by atoms with Crippen molar-refractivity contribution in [2.45, 2.75) is 26.2 Å². The fourth-order valence-corrected chi connectivity index (χ4v) is 0.612. The third kappa shape index (κ3) is 5.29. The standard InChI is InChI=1S/C9H14O/c1-3-4-5-6-7-9(2)8-10/h4-5,8H,2-3,6-7H2,1H3/b5-4-.